The average Bonchev–Trinajstić information content (AvgIpc) is 2.27. The highest BCUT2D eigenvalue weighted by atomic mass is 19.4. The van der Waals surface area contributed by atoms with E-state index in [4.69, 9.17) is 5.73 Å². The fraction of sp³-hybridized carbons (Fsp3) is 0.417. The highest BCUT2D eigenvalue weighted by Gasteiger charge is 2.28. The van der Waals surface area contributed by atoms with E-state index in [1.165, 1.54) is 13.1 Å². The average molecular weight is 260 g/mol. The van der Waals surface area contributed by atoms with Gasteiger partial charge in [-0.3, -0.25) is 4.79 Å². The number of anilines is 1. The summed E-state index contributed by atoms with van der Waals surface area (Å²) in [5.41, 5.74) is 6.99. The van der Waals surface area contributed by atoms with Crippen molar-refractivity contribution in [2.24, 2.45) is 0 Å². The van der Waals surface area contributed by atoms with Crippen molar-refractivity contribution in [2.75, 3.05) is 19.3 Å². The number of carbonyl (C=O) groups excluding carboxylic acids is 1. The predicted octanol–water partition coefficient (Wildman–Crippen LogP) is 2.60. The number of rotatable bonds is 3. The van der Waals surface area contributed by atoms with Gasteiger partial charge in [0.05, 0.1) is 6.42 Å². The molecule has 3 nitrogen and oxygen atoms in total. The molecule has 0 saturated carbocycles. The van der Waals surface area contributed by atoms with Crippen LogP contribution in [-0.4, -0.2) is 30.6 Å². The molecule has 1 amide bonds. The minimum atomic E-state index is -4.26. The van der Waals surface area contributed by atoms with Crippen molar-refractivity contribution in [3.8, 4) is 0 Å². The first-order chi connectivity index (χ1) is 8.20. The van der Waals surface area contributed by atoms with Crippen LogP contribution in [0, 0.1) is 6.92 Å². The number of halogens is 3. The Balaban J connectivity index is 2.77. The highest BCUT2D eigenvalue weighted by Crippen LogP contribution is 2.20. The molecular formula is C12H15F3N2O. The molecule has 0 aliphatic carbocycles. The smallest absolute Gasteiger partial charge is 0.390 e. The molecule has 1 aromatic rings. The first-order valence-electron chi connectivity index (χ1n) is 5.39. The van der Waals surface area contributed by atoms with Crippen molar-refractivity contribution in [1.82, 2.24) is 4.90 Å². The summed E-state index contributed by atoms with van der Waals surface area (Å²) >= 11 is 0. The lowest BCUT2D eigenvalue weighted by molar-refractivity contribution is -0.136. The van der Waals surface area contributed by atoms with Crippen molar-refractivity contribution >= 4 is 11.6 Å². The number of hydrogen-bond acceptors (Lipinski definition) is 2. The number of nitrogens with zero attached hydrogens (tertiary/aromatic N) is 1. The van der Waals surface area contributed by atoms with Crippen LogP contribution < -0.4 is 5.73 Å². The Hall–Kier alpha value is -1.72. The zero-order valence-electron chi connectivity index (χ0n) is 10.2. The zero-order valence-corrected chi connectivity index (χ0v) is 10.2. The van der Waals surface area contributed by atoms with Crippen LogP contribution in [0.3, 0.4) is 0 Å². The minimum Gasteiger partial charge on any atom is -0.399 e. The van der Waals surface area contributed by atoms with Gasteiger partial charge in [-0.1, -0.05) is 6.07 Å². The van der Waals surface area contributed by atoms with E-state index in [2.05, 4.69) is 0 Å². The molecule has 0 aliphatic heterocycles. The van der Waals surface area contributed by atoms with E-state index in [0.29, 0.717) is 16.8 Å². The van der Waals surface area contributed by atoms with E-state index >= 15 is 0 Å². The molecule has 0 aromatic heterocycles. The fourth-order valence-electron chi connectivity index (χ4n) is 1.47. The number of carbonyl (C=O) groups is 1. The van der Waals surface area contributed by atoms with E-state index in [9.17, 15) is 18.0 Å². The molecule has 6 heteroatoms. The number of aryl methyl sites for hydroxylation is 1. The van der Waals surface area contributed by atoms with Gasteiger partial charge in [0, 0.05) is 24.8 Å². The summed E-state index contributed by atoms with van der Waals surface area (Å²) in [6, 6.07) is 4.78. The quantitative estimate of drug-likeness (QED) is 0.849. The molecule has 0 bridgehead atoms. The SMILES string of the molecule is Cc1ccc(N)cc1C(=O)N(C)CCC(F)(F)F. The zero-order chi connectivity index (χ0) is 13.9. The van der Waals surface area contributed by atoms with Crippen molar-refractivity contribution < 1.29 is 18.0 Å². The van der Waals surface area contributed by atoms with Crippen molar-refractivity contribution in [1.29, 1.82) is 0 Å². The van der Waals surface area contributed by atoms with Crippen molar-refractivity contribution in [2.45, 2.75) is 19.5 Å². The molecule has 2 N–H and O–H groups in total. The Morgan fingerprint density at radius 3 is 2.56 bits per heavy atom. The first-order valence-corrected chi connectivity index (χ1v) is 5.39. The van der Waals surface area contributed by atoms with Crippen LogP contribution >= 0.6 is 0 Å². The Morgan fingerprint density at radius 1 is 1.39 bits per heavy atom. The van der Waals surface area contributed by atoms with E-state index in [1.807, 2.05) is 0 Å². The second-order valence-corrected chi connectivity index (χ2v) is 4.17. The number of benzene rings is 1. The van der Waals surface area contributed by atoms with Gasteiger partial charge in [-0.15, -0.1) is 0 Å². The van der Waals surface area contributed by atoms with Crippen molar-refractivity contribution in [3.05, 3.63) is 29.3 Å². The molecule has 0 fully saturated rings. The van der Waals surface area contributed by atoms with Crippen LogP contribution in [0.2, 0.25) is 0 Å². The van der Waals surface area contributed by atoms with E-state index in [1.54, 1.807) is 19.1 Å². The van der Waals surface area contributed by atoms with Crippen LogP contribution in [0.5, 0.6) is 0 Å². The second-order valence-electron chi connectivity index (χ2n) is 4.17. The maximum Gasteiger partial charge on any atom is 0.390 e. The largest absolute Gasteiger partial charge is 0.399 e. The van der Waals surface area contributed by atoms with Crippen LogP contribution in [0.4, 0.5) is 18.9 Å². The number of hydrogen-bond donors (Lipinski definition) is 1. The minimum absolute atomic E-state index is 0.333. The molecular weight excluding hydrogens is 245 g/mol. The normalized spacial score (nSPS) is 11.4. The van der Waals surface area contributed by atoms with E-state index < -0.39 is 18.5 Å². The molecule has 1 rings (SSSR count). The van der Waals surface area contributed by atoms with Gasteiger partial charge in [-0.2, -0.15) is 13.2 Å². The van der Waals surface area contributed by atoms with Gasteiger partial charge in [-0.25, -0.2) is 0 Å². The van der Waals surface area contributed by atoms with Gasteiger partial charge in [0.15, 0.2) is 0 Å². The molecule has 18 heavy (non-hydrogen) atoms. The van der Waals surface area contributed by atoms with Gasteiger partial charge >= 0.3 is 6.18 Å². The highest BCUT2D eigenvalue weighted by molar-refractivity contribution is 5.96. The third kappa shape index (κ3) is 3.94. The van der Waals surface area contributed by atoms with E-state index in [0.717, 1.165) is 4.90 Å². The lowest BCUT2D eigenvalue weighted by Crippen LogP contribution is -2.31. The molecule has 0 spiro atoms. The molecule has 0 saturated heterocycles. The summed E-state index contributed by atoms with van der Waals surface area (Å²) in [5, 5.41) is 0. The summed E-state index contributed by atoms with van der Waals surface area (Å²) < 4.78 is 36.2. The monoisotopic (exact) mass is 260 g/mol. The Labute approximate surface area is 103 Å². The molecule has 0 radical (unpaired) electrons. The molecule has 1 aromatic carbocycles. The number of alkyl halides is 3. The lowest BCUT2D eigenvalue weighted by atomic mass is 10.1. The Bertz CT molecular complexity index is 443. The summed E-state index contributed by atoms with van der Waals surface area (Å²) in [7, 11) is 1.34. The maximum atomic E-state index is 12.1. The molecule has 0 heterocycles. The maximum absolute atomic E-state index is 12.1. The Morgan fingerprint density at radius 2 is 2.00 bits per heavy atom. The van der Waals surface area contributed by atoms with E-state index in [-0.39, 0.29) is 6.54 Å². The van der Waals surface area contributed by atoms with Crippen LogP contribution in [-0.2, 0) is 0 Å². The van der Waals surface area contributed by atoms with Gasteiger partial charge in [-0.05, 0) is 24.6 Å². The summed E-state index contributed by atoms with van der Waals surface area (Å²) in [6.07, 6.45) is -5.28. The molecule has 0 unspecified atom stereocenters. The third-order valence-electron chi connectivity index (χ3n) is 2.57. The predicted molar refractivity (Wildman–Crippen MR) is 63.2 cm³/mol. The summed E-state index contributed by atoms with van der Waals surface area (Å²) in [4.78, 5) is 13.0. The molecule has 100 valence electrons. The number of amides is 1. The standard InChI is InChI=1S/C12H15F3N2O/c1-8-3-4-9(16)7-10(8)11(18)17(2)6-5-12(13,14)15/h3-4,7H,5-6,16H2,1-2H3. The fourth-order valence-corrected chi connectivity index (χ4v) is 1.47. The summed E-state index contributed by atoms with van der Waals surface area (Å²) in [5.74, 6) is -0.455. The van der Waals surface area contributed by atoms with Crippen LogP contribution in [0.15, 0.2) is 18.2 Å². The second kappa shape index (κ2) is 5.29. The number of nitrogens with two attached hydrogens (primary N) is 1. The molecule has 0 atom stereocenters. The van der Waals surface area contributed by atoms with Crippen molar-refractivity contribution in [3.63, 3.8) is 0 Å². The first kappa shape index (κ1) is 14.3. The van der Waals surface area contributed by atoms with Gasteiger partial charge in [0.2, 0.25) is 0 Å². The van der Waals surface area contributed by atoms with Crippen LogP contribution in [0.25, 0.3) is 0 Å². The third-order valence-corrected chi connectivity index (χ3v) is 2.57. The van der Waals surface area contributed by atoms with Gasteiger partial charge in [0.1, 0.15) is 0 Å². The summed E-state index contributed by atoms with van der Waals surface area (Å²) in [6.45, 7) is 1.35. The van der Waals surface area contributed by atoms with Gasteiger partial charge < -0.3 is 10.6 Å². The lowest BCUT2D eigenvalue weighted by Gasteiger charge is -2.19. The molecule has 0 aliphatic rings. The van der Waals surface area contributed by atoms with Gasteiger partial charge in [0.25, 0.3) is 5.91 Å². The van der Waals surface area contributed by atoms with Crippen LogP contribution in [0.1, 0.15) is 22.3 Å². The topological polar surface area (TPSA) is 46.3 Å². The Kier molecular flexibility index (Phi) is 4.21. The number of nitrogen functional groups attached to an aromatic ring is 1.